The predicted octanol–water partition coefficient (Wildman–Crippen LogP) is 4.00. The van der Waals surface area contributed by atoms with Crippen molar-refractivity contribution < 1.29 is 18.3 Å². The maximum Gasteiger partial charge on any atom is 0.171 e. The van der Waals surface area contributed by atoms with Crippen LogP contribution in [0.5, 0.6) is 5.75 Å². The summed E-state index contributed by atoms with van der Waals surface area (Å²) in [6.07, 6.45) is -0.208. The second-order valence-corrected chi connectivity index (χ2v) is 5.40. The lowest BCUT2D eigenvalue weighted by atomic mass is 10.0. The van der Waals surface area contributed by atoms with E-state index in [-0.39, 0.29) is 17.8 Å². The van der Waals surface area contributed by atoms with E-state index in [9.17, 15) is 13.6 Å². The number of Topliss-reactive ketones (excluding diaryl/α,β-unsaturated/α-hetero) is 1. The molecule has 0 N–H and O–H groups in total. The van der Waals surface area contributed by atoms with Gasteiger partial charge in [-0.1, -0.05) is 12.1 Å². The molecule has 5 heteroatoms. The summed E-state index contributed by atoms with van der Waals surface area (Å²) >= 11 is 2.07. The highest BCUT2D eigenvalue weighted by Crippen LogP contribution is 2.23. The predicted molar refractivity (Wildman–Crippen MR) is 80.1 cm³/mol. The number of halogens is 3. The molecule has 0 heterocycles. The van der Waals surface area contributed by atoms with Crippen molar-refractivity contribution in [1.29, 1.82) is 0 Å². The van der Waals surface area contributed by atoms with Crippen LogP contribution in [0.1, 0.15) is 15.9 Å². The third-order valence-electron chi connectivity index (χ3n) is 2.84. The minimum Gasteiger partial charge on any atom is -0.496 e. The van der Waals surface area contributed by atoms with E-state index < -0.39 is 11.6 Å². The van der Waals surface area contributed by atoms with Gasteiger partial charge in [-0.25, -0.2) is 8.78 Å². The number of carbonyl (C=O) groups excluding carboxylic acids is 1. The Morgan fingerprint density at radius 1 is 1.25 bits per heavy atom. The molecule has 2 aromatic carbocycles. The van der Waals surface area contributed by atoms with Crippen LogP contribution in [-0.2, 0) is 6.42 Å². The average Bonchev–Trinajstić information content (AvgIpc) is 2.43. The van der Waals surface area contributed by atoms with E-state index in [2.05, 4.69) is 22.6 Å². The molecule has 0 bridgehead atoms. The highest BCUT2D eigenvalue weighted by molar-refractivity contribution is 14.1. The Hall–Kier alpha value is -1.50. The maximum atomic E-state index is 13.6. The summed E-state index contributed by atoms with van der Waals surface area (Å²) < 4.78 is 32.7. The minimum absolute atomic E-state index is 0.0379. The molecular formula is C15H11F2IO2. The molecule has 2 aromatic rings. The molecule has 0 aliphatic carbocycles. The Morgan fingerprint density at radius 2 is 2.00 bits per heavy atom. The van der Waals surface area contributed by atoms with Crippen LogP contribution in [0, 0.1) is 15.2 Å². The van der Waals surface area contributed by atoms with Gasteiger partial charge >= 0.3 is 0 Å². The van der Waals surface area contributed by atoms with Crippen LogP contribution < -0.4 is 4.74 Å². The Bertz CT molecular complexity index is 656. The monoisotopic (exact) mass is 388 g/mol. The van der Waals surface area contributed by atoms with Gasteiger partial charge in [0.15, 0.2) is 17.4 Å². The van der Waals surface area contributed by atoms with Crippen LogP contribution in [0.15, 0.2) is 36.4 Å². The second-order valence-electron chi connectivity index (χ2n) is 4.16. The molecule has 0 saturated heterocycles. The molecule has 0 saturated carbocycles. The summed E-state index contributed by atoms with van der Waals surface area (Å²) in [5.41, 5.74) is 0.402. The van der Waals surface area contributed by atoms with E-state index in [1.807, 2.05) is 0 Å². The Morgan fingerprint density at radius 3 is 2.70 bits per heavy atom. The van der Waals surface area contributed by atoms with Gasteiger partial charge in [0.2, 0.25) is 0 Å². The van der Waals surface area contributed by atoms with E-state index >= 15 is 0 Å². The van der Waals surface area contributed by atoms with Crippen LogP contribution in [0.25, 0.3) is 0 Å². The van der Waals surface area contributed by atoms with E-state index in [1.54, 1.807) is 18.2 Å². The Kier molecular flexibility index (Phi) is 4.69. The van der Waals surface area contributed by atoms with Crippen molar-refractivity contribution in [1.82, 2.24) is 0 Å². The Balaban J connectivity index is 2.33. The molecule has 0 unspecified atom stereocenters. The average molecular weight is 388 g/mol. The van der Waals surface area contributed by atoms with Gasteiger partial charge in [0.25, 0.3) is 0 Å². The fraction of sp³-hybridized carbons (Fsp3) is 0.133. The summed E-state index contributed by atoms with van der Waals surface area (Å²) in [6, 6.07) is 8.95. The number of rotatable bonds is 4. The number of benzene rings is 2. The van der Waals surface area contributed by atoms with Crippen molar-refractivity contribution in [2.24, 2.45) is 0 Å². The highest BCUT2D eigenvalue weighted by atomic mass is 127. The van der Waals surface area contributed by atoms with Gasteiger partial charge in [-0.15, -0.1) is 0 Å². The molecule has 0 aromatic heterocycles. The zero-order chi connectivity index (χ0) is 14.7. The number of methoxy groups -OCH3 is 1. The fourth-order valence-electron chi connectivity index (χ4n) is 1.85. The van der Waals surface area contributed by atoms with Gasteiger partial charge in [0.1, 0.15) is 5.75 Å². The zero-order valence-corrected chi connectivity index (χ0v) is 12.8. The van der Waals surface area contributed by atoms with E-state index in [4.69, 9.17) is 4.74 Å². The second kappa shape index (κ2) is 6.30. The lowest BCUT2D eigenvalue weighted by Gasteiger charge is -2.09. The zero-order valence-electron chi connectivity index (χ0n) is 10.6. The Labute approximate surface area is 128 Å². The number of hydrogen-bond acceptors (Lipinski definition) is 2. The maximum absolute atomic E-state index is 13.6. The molecule has 0 atom stereocenters. The number of hydrogen-bond donors (Lipinski definition) is 0. The number of ketones is 1. The third-order valence-corrected chi connectivity index (χ3v) is 3.52. The SMILES string of the molecule is COc1ccc(I)cc1C(=O)Cc1cccc(F)c1F. The van der Waals surface area contributed by atoms with Gasteiger partial charge in [-0.2, -0.15) is 0 Å². The van der Waals surface area contributed by atoms with Crippen molar-refractivity contribution in [2.75, 3.05) is 7.11 Å². The van der Waals surface area contributed by atoms with E-state index in [0.29, 0.717) is 11.3 Å². The summed E-state index contributed by atoms with van der Waals surface area (Å²) in [5, 5.41) is 0. The highest BCUT2D eigenvalue weighted by Gasteiger charge is 2.16. The molecule has 0 aliphatic heterocycles. The van der Waals surface area contributed by atoms with Gasteiger partial charge in [0, 0.05) is 9.99 Å². The quantitative estimate of drug-likeness (QED) is 0.585. The van der Waals surface area contributed by atoms with E-state index in [0.717, 1.165) is 9.64 Å². The number of ether oxygens (including phenoxy) is 1. The molecular weight excluding hydrogens is 377 g/mol. The summed E-state index contributed by atoms with van der Waals surface area (Å²) in [6.45, 7) is 0. The molecule has 104 valence electrons. The lowest BCUT2D eigenvalue weighted by Crippen LogP contribution is -2.08. The van der Waals surface area contributed by atoms with Crippen LogP contribution in [0.3, 0.4) is 0 Å². The van der Waals surface area contributed by atoms with Crippen LogP contribution in [-0.4, -0.2) is 12.9 Å². The standard InChI is InChI=1S/C15H11F2IO2/c1-20-14-6-5-10(18)8-11(14)13(19)7-9-3-2-4-12(16)15(9)17/h2-6,8H,7H2,1H3. The van der Waals surface area contributed by atoms with Crippen molar-refractivity contribution in [3.8, 4) is 5.75 Å². The van der Waals surface area contributed by atoms with Gasteiger partial charge in [0.05, 0.1) is 12.7 Å². The molecule has 0 amide bonds. The topological polar surface area (TPSA) is 26.3 Å². The van der Waals surface area contributed by atoms with Gasteiger partial charge < -0.3 is 4.74 Å². The first-order valence-corrected chi connectivity index (χ1v) is 6.90. The van der Waals surface area contributed by atoms with E-state index in [1.165, 1.54) is 19.2 Å². The fourth-order valence-corrected chi connectivity index (χ4v) is 2.34. The smallest absolute Gasteiger partial charge is 0.171 e. The molecule has 0 spiro atoms. The first kappa shape index (κ1) is 14.9. The molecule has 0 aliphatic rings. The van der Waals surface area contributed by atoms with Crippen molar-refractivity contribution in [2.45, 2.75) is 6.42 Å². The first-order chi connectivity index (χ1) is 9.52. The number of carbonyl (C=O) groups is 1. The first-order valence-electron chi connectivity index (χ1n) is 5.82. The molecule has 0 fully saturated rings. The largest absolute Gasteiger partial charge is 0.496 e. The molecule has 2 rings (SSSR count). The van der Waals surface area contributed by atoms with Crippen molar-refractivity contribution >= 4 is 28.4 Å². The summed E-state index contributed by atoms with van der Waals surface area (Å²) in [5.74, 6) is -1.83. The van der Waals surface area contributed by atoms with Gasteiger partial charge in [-0.3, -0.25) is 4.79 Å². The molecule has 2 nitrogen and oxygen atoms in total. The third kappa shape index (κ3) is 3.15. The van der Waals surface area contributed by atoms with Crippen LogP contribution in [0.2, 0.25) is 0 Å². The van der Waals surface area contributed by atoms with Crippen molar-refractivity contribution in [3.63, 3.8) is 0 Å². The molecule has 20 heavy (non-hydrogen) atoms. The van der Waals surface area contributed by atoms with Crippen LogP contribution >= 0.6 is 22.6 Å². The normalized spacial score (nSPS) is 10.4. The summed E-state index contributed by atoms with van der Waals surface area (Å²) in [7, 11) is 1.46. The minimum atomic E-state index is -0.981. The van der Waals surface area contributed by atoms with Crippen LogP contribution in [0.4, 0.5) is 8.78 Å². The van der Waals surface area contributed by atoms with Gasteiger partial charge in [-0.05, 0) is 52.4 Å². The van der Waals surface area contributed by atoms with Crippen molar-refractivity contribution in [3.05, 3.63) is 62.7 Å². The lowest BCUT2D eigenvalue weighted by molar-refractivity contribution is 0.0988. The summed E-state index contributed by atoms with van der Waals surface area (Å²) in [4.78, 5) is 12.2. The molecule has 0 radical (unpaired) electrons.